The number of esters is 3. The number of hydrogen-bond acceptors (Lipinski definition) is 6. The van der Waals surface area contributed by atoms with E-state index in [2.05, 4.69) is 6.58 Å². The second-order valence-corrected chi connectivity index (χ2v) is 9.50. The standard InChI is InChI=1S/C27H30O6/c1-15-6-8-19(9-7-15)10-11-23(29)31-22-14-21-24(17(22)3)25-20(16(2)26(30)32-25)12-13-27(21,5)33-18(4)28/h6-11,20-22,25H,2,12-14H2,1,3-5H3/b11-10+/t20-,21?,22-,25-,27+/m0/s1. The van der Waals surface area contributed by atoms with E-state index in [1.165, 1.54) is 13.0 Å². The van der Waals surface area contributed by atoms with E-state index in [0.717, 1.165) is 22.3 Å². The smallest absolute Gasteiger partial charge is 0.334 e. The maximum absolute atomic E-state index is 12.6. The fraction of sp³-hybridized carbons (Fsp3) is 0.444. The van der Waals surface area contributed by atoms with Crippen LogP contribution in [-0.2, 0) is 28.6 Å². The lowest BCUT2D eigenvalue weighted by Crippen LogP contribution is -2.40. The van der Waals surface area contributed by atoms with Crippen molar-refractivity contribution in [1.29, 1.82) is 0 Å². The monoisotopic (exact) mass is 450 g/mol. The van der Waals surface area contributed by atoms with Crippen molar-refractivity contribution in [2.45, 2.75) is 64.8 Å². The summed E-state index contributed by atoms with van der Waals surface area (Å²) in [7, 11) is 0. The molecule has 1 aliphatic heterocycles. The van der Waals surface area contributed by atoms with Gasteiger partial charge in [0, 0.05) is 30.4 Å². The van der Waals surface area contributed by atoms with Crippen LogP contribution in [0.25, 0.3) is 6.08 Å². The van der Waals surface area contributed by atoms with E-state index in [0.29, 0.717) is 24.8 Å². The summed E-state index contributed by atoms with van der Waals surface area (Å²) in [5, 5.41) is 0. The van der Waals surface area contributed by atoms with Gasteiger partial charge in [0.25, 0.3) is 0 Å². The predicted octanol–water partition coefficient (Wildman–Crippen LogP) is 4.47. The fourth-order valence-electron chi connectivity index (χ4n) is 5.42. The minimum atomic E-state index is -0.779. The summed E-state index contributed by atoms with van der Waals surface area (Å²) in [5.41, 5.74) is 3.48. The van der Waals surface area contributed by atoms with Gasteiger partial charge in [0.15, 0.2) is 0 Å². The Balaban J connectivity index is 1.60. The van der Waals surface area contributed by atoms with Crippen LogP contribution in [0.3, 0.4) is 0 Å². The third-order valence-corrected chi connectivity index (χ3v) is 7.19. The quantitative estimate of drug-likeness (QED) is 0.291. The average Bonchev–Trinajstić information content (AvgIpc) is 3.18. The highest BCUT2D eigenvalue weighted by Gasteiger charge is 2.56. The molecule has 0 spiro atoms. The molecule has 5 atom stereocenters. The molecule has 6 nitrogen and oxygen atoms in total. The molecule has 1 heterocycles. The Morgan fingerprint density at radius 1 is 1.21 bits per heavy atom. The van der Waals surface area contributed by atoms with Gasteiger partial charge in [-0.3, -0.25) is 4.79 Å². The number of ether oxygens (including phenoxy) is 3. The van der Waals surface area contributed by atoms with Crippen LogP contribution in [0.2, 0.25) is 0 Å². The summed E-state index contributed by atoms with van der Waals surface area (Å²) >= 11 is 0. The van der Waals surface area contributed by atoms with Gasteiger partial charge in [-0.05, 0) is 62.8 Å². The maximum Gasteiger partial charge on any atom is 0.334 e. The number of carbonyl (C=O) groups excluding carboxylic acids is 3. The third kappa shape index (κ3) is 4.39. The number of fused-ring (bicyclic) bond motifs is 3. The Morgan fingerprint density at radius 3 is 2.58 bits per heavy atom. The number of carbonyl (C=O) groups is 3. The summed E-state index contributed by atoms with van der Waals surface area (Å²) in [4.78, 5) is 36.8. The van der Waals surface area contributed by atoms with Gasteiger partial charge in [0.2, 0.25) is 0 Å². The van der Waals surface area contributed by atoms with Crippen molar-refractivity contribution in [3.63, 3.8) is 0 Å². The molecule has 1 unspecified atom stereocenters. The Morgan fingerprint density at radius 2 is 1.91 bits per heavy atom. The summed E-state index contributed by atoms with van der Waals surface area (Å²) in [6.07, 6.45) is 3.87. The summed E-state index contributed by atoms with van der Waals surface area (Å²) in [5.74, 6) is -1.58. The first kappa shape index (κ1) is 23.0. The van der Waals surface area contributed by atoms with Crippen molar-refractivity contribution in [2.24, 2.45) is 11.8 Å². The minimum Gasteiger partial charge on any atom is -0.459 e. The second-order valence-electron chi connectivity index (χ2n) is 9.50. The first-order valence-corrected chi connectivity index (χ1v) is 11.3. The normalized spacial score (nSPS) is 31.2. The highest BCUT2D eigenvalue weighted by Crippen LogP contribution is 2.53. The van der Waals surface area contributed by atoms with Crippen LogP contribution in [0.5, 0.6) is 0 Å². The van der Waals surface area contributed by atoms with Gasteiger partial charge < -0.3 is 14.2 Å². The van der Waals surface area contributed by atoms with Gasteiger partial charge in [0.05, 0.1) is 0 Å². The number of benzene rings is 1. The number of rotatable bonds is 4. The van der Waals surface area contributed by atoms with Gasteiger partial charge in [-0.15, -0.1) is 0 Å². The van der Waals surface area contributed by atoms with Crippen LogP contribution in [0.15, 0.2) is 53.6 Å². The lowest BCUT2D eigenvalue weighted by Gasteiger charge is -2.35. The molecule has 1 aromatic carbocycles. The molecule has 4 rings (SSSR count). The Hall–Kier alpha value is -3.15. The lowest BCUT2D eigenvalue weighted by atomic mass is 9.81. The molecule has 174 valence electrons. The van der Waals surface area contributed by atoms with Crippen LogP contribution in [0, 0.1) is 18.8 Å². The molecule has 2 aliphatic carbocycles. The minimum absolute atomic E-state index is 0.168. The van der Waals surface area contributed by atoms with E-state index in [9.17, 15) is 14.4 Å². The Kier molecular flexibility index (Phi) is 6.04. The highest BCUT2D eigenvalue weighted by atomic mass is 16.6. The molecule has 0 amide bonds. The van der Waals surface area contributed by atoms with Crippen LogP contribution in [0.1, 0.15) is 51.2 Å². The van der Waals surface area contributed by atoms with Gasteiger partial charge in [-0.2, -0.15) is 0 Å². The van der Waals surface area contributed by atoms with Crippen molar-refractivity contribution in [3.8, 4) is 0 Å². The zero-order chi connectivity index (χ0) is 23.9. The predicted molar refractivity (Wildman–Crippen MR) is 123 cm³/mol. The summed E-state index contributed by atoms with van der Waals surface area (Å²) in [6, 6.07) is 7.83. The molecule has 33 heavy (non-hydrogen) atoms. The molecule has 3 aliphatic rings. The lowest BCUT2D eigenvalue weighted by molar-refractivity contribution is -0.162. The molecule has 0 bridgehead atoms. The van der Waals surface area contributed by atoms with Crippen molar-refractivity contribution in [2.75, 3.05) is 0 Å². The zero-order valence-electron chi connectivity index (χ0n) is 19.6. The van der Waals surface area contributed by atoms with Crippen LogP contribution in [-0.4, -0.2) is 35.7 Å². The number of hydrogen-bond donors (Lipinski definition) is 0. The van der Waals surface area contributed by atoms with Gasteiger partial charge in [-0.25, -0.2) is 9.59 Å². The summed E-state index contributed by atoms with van der Waals surface area (Å²) in [6.45, 7) is 11.2. The van der Waals surface area contributed by atoms with Crippen molar-refractivity contribution in [1.82, 2.24) is 0 Å². The molecule has 1 aromatic rings. The first-order chi connectivity index (χ1) is 15.6. The van der Waals surface area contributed by atoms with Gasteiger partial charge in [-0.1, -0.05) is 36.4 Å². The van der Waals surface area contributed by atoms with Crippen molar-refractivity contribution in [3.05, 3.63) is 64.8 Å². The molecular formula is C27H30O6. The fourth-order valence-corrected chi connectivity index (χ4v) is 5.42. The van der Waals surface area contributed by atoms with E-state index in [4.69, 9.17) is 14.2 Å². The van der Waals surface area contributed by atoms with E-state index >= 15 is 0 Å². The maximum atomic E-state index is 12.6. The van der Waals surface area contributed by atoms with Crippen LogP contribution >= 0.6 is 0 Å². The van der Waals surface area contributed by atoms with Crippen molar-refractivity contribution >= 4 is 24.0 Å². The molecule has 0 radical (unpaired) electrons. The third-order valence-electron chi connectivity index (χ3n) is 7.19. The molecular weight excluding hydrogens is 420 g/mol. The zero-order valence-corrected chi connectivity index (χ0v) is 19.6. The van der Waals surface area contributed by atoms with E-state index in [1.807, 2.05) is 45.0 Å². The van der Waals surface area contributed by atoms with Crippen LogP contribution in [0.4, 0.5) is 0 Å². The Bertz CT molecular complexity index is 1060. The topological polar surface area (TPSA) is 78.9 Å². The van der Waals surface area contributed by atoms with Gasteiger partial charge >= 0.3 is 17.9 Å². The first-order valence-electron chi connectivity index (χ1n) is 11.3. The SMILES string of the molecule is C=C1C(=O)O[C@@H]2C3=C(C)[C@@H](OC(=O)/C=C/c4ccc(C)cc4)CC3[C@](C)(OC(C)=O)CC[C@@H]12. The molecule has 6 heteroatoms. The average molecular weight is 451 g/mol. The molecule has 0 N–H and O–H groups in total. The van der Waals surface area contributed by atoms with Crippen molar-refractivity contribution < 1.29 is 28.6 Å². The van der Waals surface area contributed by atoms with E-state index in [-0.39, 0.29) is 23.8 Å². The second kappa shape index (κ2) is 8.65. The van der Waals surface area contributed by atoms with E-state index in [1.54, 1.807) is 6.08 Å². The molecule has 1 saturated carbocycles. The highest BCUT2D eigenvalue weighted by molar-refractivity contribution is 5.91. The molecule has 2 fully saturated rings. The van der Waals surface area contributed by atoms with Crippen LogP contribution < -0.4 is 0 Å². The van der Waals surface area contributed by atoms with E-state index < -0.39 is 23.8 Å². The van der Waals surface area contributed by atoms with Gasteiger partial charge in [0.1, 0.15) is 17.8 Å². The molecule has 1 saturated heterocycles. The summed E-state index contributed by atoms with van der Waals surface area (Å²) < 4.78 is 17.4. The Labute approximate surface area is 194 Å². The number of aryl methyl sites for hydroxylation is 1. The largest absolute Gasteiger partial charge is 0.459 e. The molecule has 0 aromatic heterocycles.